The summed E-state index contributed by atoms with van der Waals surface area (Å²) in [5.74, 6) is -0.902. The number of carbonyl (C=O) groups is 3. The molecule has 0 radical (unpaired) electrons. The summed E-state index contributed by atoms with van der Waals surface area (Å²) in [5, 5.41) is 12.2. The van der Waals surface area contributed by atoms with Crippen LogP contribution in [0.3, 0.4) is 0 Å². The molecule has 0 aromatic heterocycles. The maximum Gasteiger partial charge on any atom is 0.408 e. The molecule has 3 amide bonds. The molecule has 2 N–H and O–H groups in total. The number of anilines is 1. The first-order valence-electron chi connectivity index (χ1n) is 18.3. The van der Waals surface area contributed by atoms with Gasteiger partial charge in [-0.25, -0.2) is 9.69 Å². The van der Waals surface area contributed by atoms with Crippen molar-refractivity contribution in [1.82, 2.24) is 15.1 Å². The van der Waals surface area contributed by atoms with Crippen LogP contribution in [-0.4, -0.2) is 83.7 Å². The molecule has 4 fully saturated rings. The lowest BCUT2D eigenvalue weighted by molar-refractivity contribution is -0.276. The SMILES string of the molecule is C[C@@H]1[C@H](CN2CCC[C@H]2CN2CCCC2)O[C@H](c2cccc(N3C(=O)CC(NC(=O)OCc4ccccc4)C3=O)c2)O[C@@H]1c1ccc(CO)cc1. The highest BCUT2D eigenvalue weighted by Gasteiger charge is 2.43. The van der Waals surface area contributed by atoms with E-state index in [4.69, 9.17) is 14.2 Å². The van der Waals surface area contributed by atoms with Gasteiger partial charge in [-0.3, -0.25) is 14.5 Å². The van der Waals surface area contributed by atoms with E-state index in [1.165, 1.54) is 38.8 Å². The van der Waals surface area contributed by atoms with Gasteiger partial charge in [-0.1, -0.05) is 73.7 Å². The first-order valence-corrected chi connectivity index (χ1v) is 18.3. The van der Waals surface area contributed by atoms with Crippen LogP contribution in [-0.2, 0) is 37.0 Å². The molecule has 4 aliphatic rings. The first kappa shape index (κ1) is 35.3. The van der Waals surface area contributed by atoms with E-state index >= 15 is 0 Å². The van der Waals surface area contributed by atoms with Crippen molar-refractivity contribution in [2.75, 3.05) is 37.6 Å². The van der Waals surface area contributed by atoms with Gasteiger partial charge in [-0.2, -0.15) is 0 Å². The topological polar surface area (TPSA) is 121 Å². The quantitative estimate of drug-likeness (QED) is 0.264. The Kier molecular flexibility index (Phi) is 11.1. The number of hydrogen-bond donors (Lipinski definition) is 2. The number of carbonyl (C=O) groups excluding carboxylic acids is 3. The Morgan fingerprint density at radius 1 is 0.882 bits per heavy atom. The molecule has 3 aromatic rings. The molecular formula is C40H48N4O7. The summed E-state index contributed by atoms with van der Waals surface area (Å²) in [7, 11) is 0. The van der Waals surface area contributed by atoms with Gasteiger partial charge in [-0.15, -0.1) is 0 Å². The van der Waals surface area contributed by atoms with Gasteiger partial charge in [0.25, 0.3) is 5.91 Å². The fourth-order valence-electron chi connectivity index (χ4n) is 7.90. The highest BCUT2D eigenvalue weighted by Crippen LogP contribution is 2.43. The lowest BCUT2D eigenvalue weighted by atomic mass is 9.90. The number of amides is 3. The minimum Gasteiger partial charge on any atom is -0.445 e. The van der Waals surface area contributed by atoms with Crippen molar-refractivity contribution in [3.63, 3.8) is 0 Å². The Balaban J connectivity index is 1.07. The van der Waals surface area contributed by atoms with Gasteiger partial charge in [0, 0.05) is 30.6 Å². The number of ether oxygens (including phenoxy) is 3. The number of benzene rings is 3. The Morgan fingerprint density at radius 2 is 1.67 bits per heavy atom. The summed E-state index contributed by atoms with van der Waals surface area (Å²) in [5.41, 5.74) is 3.73. The lowest BCUT2D eigenvalue weighted by Crippen LogP contribution is -2.48. The molecule has 1 unspecified atom stereocenters. The monoisotopic (exact) mass is 696 g/mol. The third-order valence-electron chi connectivity index (χ3n) is 10.8. The summed E-state index contributed by atoms with van der Waals surface area (Å²) < 4.78 is 18.8. The molecule has 11 nitrogen and oxygen atoms in total. The number of nitrogens with zero attached hydrogens (tertiary/aromatic N) is 3. The average molecular weight is 697 g/mol. The number of imide groups is 1. The van der Waals surface area contributed by atoms with Crippen molar-refractivity contribution >= 4 is 23.6 Å². The van der Waals surface area contributed by atoms with Crippen LogP contribution in [0.5, 0.6) is 0 Å². The average Bonchev–Trinajstić information content (AvgIpc) is 3.90. The van der Waals surface area contributed by atoms with Gasteiger partial charge in [0.05, 0.1) is 30.9 Å². The van der Waals surface area contributed by atoms with Gasteiger partial charge in [0.1, 0.15) is 12.6 Å². The van der Waals surface area contributed by atoms with Crippen LogP contribution >= 0.6 is 0 Å². The highest BCUT2D eigenvalue weighted by atomic mass is 16.7. The second-order valence-corrected chi connectivity index (χ2v) is 14.2. The van der Waals surface area contributed by atoms with E-state index in [0.29, 0.717) is 17.3 Å². The Hall–Kier alpha value is -4.13. The molecule has 0 aliphatic carbocycles. The van der Waals surface area contributed by atoms with Crippen LogP contribution in [0.2, 0.25) is 0 Å². The predicted molar refractivity (Wildman–Crippen MR) is 190 cm³/mol. The first-order chi connectivity index (χ1) is 24.9. The van der Waals surface area contributed by atoms with E-state index in [2.05, 4.69) is 22.0 Å². The van der Waals surface area contributed by atoms with Crippen molar-refractivity contribution in [2.45, 2.75) is 82.8 Å². The van der Waals surface area contributed by atoms with Crippen LogP contribution in [0.25, 0.3) is 0 Å². The number of likely N-dealkylation sites (tertiary alicyclic amines) is 2. The maximum atomic E-state index is 13.5. The lowest BCUT2D eigenvalue weighted by Gasteiger charge is -2.43. The molecule has 0 saturated carbocycles. The predicted octanol–water partition coefficient (Wildman–Crippen LogP) is 5.09. The van der Waals surface area contributed by atoms with Crippen LogP contribution in [0.4, 0.5) is 10.5 Å². The number of aliphatic hydroxyl groups excluding tert-OH is 1. The zero-order chi connectivity index (χ0) is 35.3. The van der Waals surface area contributed by atoms with Crippen molar-refractivity contribution in [1.29, 1.82) is 0 Å². The Labute approximate surface area is 299 Å². The van der Waals surface area contributed by atoms with E-state index in [9.17, 15) is 19.5 Å². The Morgan fingerprint density at radius 3 is 2.43 bits per heavy atom. The van der Waals surface area contributed by atoms with E-state index in [1.54, 1.807) is 18.2 Å². The van der Waals surface area contributed by atoms with Gasteiger partial charge >= 0.3 is 6.09 Å². The number of nitrogens with one attached hydrogen (secondary N) is 1. The molecule has 51 heavy (non-hydrogen) atoms. The molecule has 4 aliphatic heterocycles. The van der Waals surface area contributed by atoms with Crippen LogP contribution in [0.15, 0.2) is 78.9 Å². The number of rotatable bonds is 11. The summed E-state index contributed by atoms with van der Waals surface area (Å²) >= 11 is 0. The molecular weight excluding hydrogens is 648 g/mol. The molecule has 270 valence electrons. The van der Waals surface area contributed by atoms with Crippen molar-refractivity contribution in [3.8, 4) is 0 Å². The second kappa shape index (κ2) is 16.0. The van der Waals surface area contributed by atoms with E-state index in [-0.39, 0.29) is 37.8 Å². The van der Waals surface area contributed by atoms with Crippen molar-refractivity contribution in [3.05, 3.63) is 101 Å². The molecule has 7 rings (SSSR count). The molecule has 4 saturated heterocycles. The maximum absolute atomic E-state index is 13.5. The summed E-state index contributed by atoms with van der Waals surface area (Å²) in [6, 6.07) is 23.7. The van der Waals surface area contributed by atoms with Gasteiger partial charge < -0.3 is 29.5 Å². The number of aliphatic hydroxyl groups is 1. The minimum absolute atomic E-state index is 0.0327. The molecule has 0 spiro atoms. The van der Waals surface area contributed by atoms with Gasteiger partial charge in [-0.05, 0) is 74.1 Å². The smallest absolute Gasteiger partial charge is 0.408 e. The number of hydrogen-bond acceptors (Lipinski definition) is 9. The van der Waals surface area contributed by atoms with E-state index in [0.717, 1.165) is 41.2 Å². The second-order valence-electron chi connectivity index (χ2n) is 14.2. The third kappa shape index (κ3) is 8.18. The molecule has 3 aromatic carbocycles. The molecule has 6 atom stereocenters. The normalized spacial score (nSPS) is 27.3. The van der Waals surface area contributed by atoms with Crippen molar-refractivity contribution in [2.24, 2.45) is 5.92 Å². The molecule has 0 bridgehead atoms. The van der Waals surface area contributed by atoms with Crippen LogP contribution in [0, 0.1) is 5.92 Å². The summed E-state index contributed by atoms with van der Waals surface area (Å²) in [6.07, 6.45) is 2.81. The molecule has 4 heterocycles. The van der Waals surface area contributed by atoms with Gasteiger partial charge in [0.15, 0.2) is 6.29 Å². The van der Waals surface area contributed by atoms with Gasteiger partial charge in [0.2, 0.25) is 5.91 Å². The zero-order valence-corrected chi connectivity index (χ0v) is 29.2. The third-order valence-corrected chi connectivity index (χ3v) is 10.8. The van der Waals surface area contributed by atoms with E-state index < -0.39 is 30.2 Å². The standard InChI is InChI=1S/C40H48N4O7/c1-27-35(24-43-20-8-13-33(43)23-42-18-5-6-19-42)50-39(51-37(27)30-16-14-28(25-45)15-17-30)31-11-7-12-32(21-31)44-36(46)22-34(38(44)47)41-40(48)49-26-29-9-3-2-4-10-29/h2-4,7,9-12,14-17,21,27,33-35,37,39,45H,5-6,8,13,18-20,22-26H2,1H3,(H,41,48)/t27-,33+,34?,35+,37+,39+/m1/s1. The fraction of sp³-hybridized carbons (Fsp3) is 0.475. The molecule has 11 heteroatoms. The fourth-order valence-corrected chi connectivity index (χ4v) is 7.90. The van der Waals surface area contributed by atoms with Crippen LogP contribution < -0.4 is 10.2 Å². The zero-order valence-electron chi connectivity index (χ0n) is 29.2. The van der Waals surface area contributed by atoms with Crippen LogP contribution in [0.1, 0.15) is 73.7 Å². The number of alkyl carbamates (subject to hydrolysis) is 1. The summed E-state index contributed by atoms with van der Waals surface area (Å²) in [6.45, 7) is 7.46. The highest BCUT2D eigenvalue weighted by molar-refractivity contribution is 6.22. The Bertz CT molecular complexity index is 1660. The summed E-state index contributed by atoms with van der Waals surface area (Å²) in [4.78, 5) is 45.5. The minimum atomic E-state index is -1.03. The van der Waals surface area contributed by atoms with Crippen molar-refractivity contribution < 1.29 is 33.7 Å². The van der Waals surface area contributed by atoms with E-state index in [1.807, 2.05) is 60.7 Å². The largest absolute Gasteiger partial charge is 0.445 e.